The fourth-order valence-electron chi connectivity index (χ4n) is 4.77. The monoisotopic (exact) mass is 667 g/mol. The average molecular weight is 668 g/mol. The molecule has 0 saturated heterocycles. The molecule has 0 radical (unpaired) electrons. The van der Waals surface area contributed by atoms with Crippen molar-refractivity contribution < 1.29 is 36.0 Å². The number of alkyl halides is 3. The van der Waals surface area contributed by atoms with Crippen molar-refractivity contribution in [1.82, 2.24) is 25.0 Å². The lowest BCUT2D eigenvalue weighted by molar-refractivity contribution is -0.139. The van der Waals surface area contributed by atoms with Gasteiger partial charge in [0, 0.05) is 31.1 Å². The first-order valence-corrected chi connectivity index (χ1v) is 16.0. The molecule has 0 spiro atoms. The predicted octanol–water partition coefficient (Wildman–Crippen LogP) is 3.66. The van der Waals surface area contributed by atoms with Gasteiger partial charge in [0.15, 0.2) is 0 Å². The maximum absolute atomic E-state index is 13.6. The number of halogens is 3. The fourth-order valence-corrected chi connectivity index (χ4v) is 5.59. The zero-order valence-corrected chi connectivity index (χ0v) is 28.2. The minimum Gasteiger partial charge on any atom is -0.342 e. The van der Waals surface area contributed by atoms with E-state index >= 15 is 0 Å². The van der Waals surface area contributed by atoms with Crippen LogP contribution in [0.4, 0.5) is 13.2 Å². The van der Waals surface area contributed by atoms with Gasteiger partial charge in [-0.3, -0.25) is 14.4 Å². The molecule has 0 fully saturated rings. The first-order chi connectivity index (χ1) is 21.1. The molecular formula is C32H44F3N5O5S. The second-order valence-corrected chi connectivity index (χ2v) is 14.1. The van der Waals surface area contributed by atoms with Gasteiger partial charge < -0.3 is 15.5 Å². The molecule has 0 bridgehead atoms. The molecule has 10 nitrogen and oxygen atoms in total. The first kappa shape index (κ1) is 38.4. The zero-order valence-electron chi connectivity index (χ0n) is 27.4. The second kappa shape index (κ2) is 15.2. The lowest BCUT2D eigenvalue weighted by Gasteiger charge is -2.38. The summed E-state index contributed by atoms with van der Waals surface area (Å²) < 4.78 is 68.2. The van der Waals surface area contributed by atoms with Crippen LogP contribution in [-0.2, 0) is 42.7 Å². The number of carbonyl (C=O) groups excluding carboxylic acids is 3. The fraction of sp³-hybridized carbons (Fsp3) is 0.469. The van der Waals surface area contributed by atoms with E-state index in [1.165, 1.54) is 37.1 Å². The number of hydrogen-bond donors (Lipinski definition) is 4. The average Bonchev–Trinajstić information content (AvgIpc) is 2.96. The van der Waals surface area contributed by atoms with Crippen LogP contribution in [0.5, 0.6) is 0 Å². The van der Waals surface area contributed by atoms with E-state index in [0.717, 1.165) is 17.7 Å². The quantitative estimate of drug-likeness (QED) is 0.241. The number of nitrogens with zero attached hydrogens (tertiary/aromatic N) is 1. The van der Waals surface area contributed by atoms with E-state index in [2.05, 4.69) is 10.6 Å². The van der Waals surface area contributed by atoms with Gasteiger partial charge in [0.2, 0.25) is 11.8 Å². The second-order valence-electron chi connectivity index (χ2n) is 12.6. The maximum Gasteiger partial charge on any atom is 0.416 e. The van der Waals surface area contributed by atoms with Gasteiger partial charge in [0.1, 0.15) is 6.04 Å². The largest absolute Gasteiger partial charge is 0.416 e. The van der Waals surface area contributed by atoms with Crippen LogP contribution < -0.4 is 20.1 Å². The van der Waals surface area contributed by atoms with Gasteiger partial charge in [-0.1, -0.05) is 89.2 Å². The summed E-state index contributed by atoms with van der Waals surface area (Å²) in [5.41, 5.74) is -1.76. The Labute approximate surface area is 269 Å². The zero-order chi connectivity index (χ0) is 35.1. The van der Waals surface area contributed by atoms with Crippen molar-refractivity contribution >= 4 is 27.9 Å². The van der Waals surface area contributed by atoms with Gasteiger partial charge in [-0.25, -0.2) is 4.72 Å². The Balaban J connectivity index is 2.10. The number of hydrogen-bond acceptors (Lipinski definition) is 6. The number of amides is 3. The summed E-state index contributed by atoms with van der Waals surface area (Å²) in [5.74, 6) is -1.84. The number of nitrogens with one attached hydrogen (secondary N) is 4. The van der Waals surface area contributed by atoms with E-state index in [1.807, 2.05) is 48.9 Å². The summed E-state index contributed by atoms with van der Waals surface area (Å²) in [6.07, 6.45) is -3.35. The highest BCUT2D eigenvalue weighted by atomic mass is 32.2. The molecule has 0 heterocycles. The van der Waals surface area contributed by atoms with Crippen LogP contribution in [0.1, 0.15) is 58.2 Å². The third-order valence-electron chi connectivity index (χ3n) is 7.60. The lowest BCUT2D eigenvalue weighted by Crippen LogP contribution is -2.60. The predicted molar refractivity (Wildman–Crippen MR) is 170 cm³/mol. The molecule has 2 atom stereocenters. The van der Waals surface area contributed by atoms with E-state index < -0.39 is 63.2 Å². The van der Waals surface area contributed by atoms with Crippen molar-refractivity contribution in [2.24, 2.45) is 5.41 Å². The van der Waals surface area contributed by atoms with Crippen LogP contribution in [0, 0.1) is 5.41 Å². The standard InChI is InChI=1S/C32H44F3N5O5S/c1-21(27(41)39-46(44,45)37-20-22-14-12-13-17-24(22)32(33,34)35)18-19-40(8)29(43)26(30(2,3)4)38-28(42)25(36-7)31(5,6)23-15-10-9-11-16-23/h9-18,25-26,36-37H,19-20H2,1-8H3,(H,38,42)(H,39,41)/b21-18+/t25-,26?/m1/s1. The number of likely N-dealkylation sites (N-methyl/N-ethyl adjacent to an activating group) is 2. The summed E-state index contributed by atoms with van der Waals surface area (Å²) in [4.78, 5) is 41.0. The molecular weight excluding hydrogens is 623 g/mol. The first-order valence-electron chi connectivity index (χ1n) is 14.5. The molecule has 254 valence electrons. The van der Waals surface area contributed by atoms with Crippen LogP contribution in [0.2, 0.25) is 0 Å². The highest BCUT2D eigenvalue weighted by Gasteiger charge is 2.40. The van der Waals surface area contributed by atoms with Gasteiger partial charge in [-0.2, -0.15) is 26.3 Å². The van der Waals surface area contributed by atoms with Crippen molar-refractivity contribution in [3.05, 3.63) is 82.9 Å². The van der Waals surface area contributed by atoms with E-state index in [-0.39, 0.29) is 23.6 Å². The molecule has 2 rings (SSSR count). The third kappa shape index (κ3) is 10.4. The van der Waals surface area contributed by atoms with Gasteiger partial charge >= 0.3 is 16.4 Å². The van der Waals surface area contributed by atoms with Crippen LogP contribution in [0.3, 0.4) is 0 Å². The molecule has 3 amide bonds. The minimum absolute atomic E-state index is 0.0584. The van der Waals surface area contributed by atoms with Crippen molar-refractivity contribution in [2.45, 2.75) is 71.8 Å². The molecule has 1 unspecified atom stereocenters. The van der Waals surface area contributed by atoms with Crippen molar-refractivity contribution in [3.8, 4) is 0 Å². The molecule has 0 aliphatic carbocycles. The molecule has 0 aliphatic heterocycles. The molecule has 14 heteroatoms. The van der Waals surface area contributed by atoms with Gasteiger partial charge in [0.05, 0.1) is 11.6 Å². The Hall–Kier alpha value is -3.75. The SMILES string of the molecule is CN[C@H](C(=O)NC(C(=O)N(C)C/C=C(\C)C(=O)NS(=O)(=O)NCc1ccccc1C(F)(F)F)C(C)(C)C)C(C)(C)c1ccccc1. The smallest absolute Gasteiger partial charge is 0.342 e. The summed E-state index contributed by atoms with van der Waals surface area (Å²) >= 11 is 0. The minimum atomic E-state index is -4.68. The van der Waals surface area contributed by atoms with Crippen LogP contribution in [-0.4, -0.2) is 63.8 Å². The lowest BCUT2D eigenvalue weighted by atomic mass is 9.76. The molecule has 0 saturated carbocycles. The molecule has 2 aromatic rings. The highest BCUT2D eigenvalue weighted by Crippen LogP contribution is 2.32. The Bertz CT molecular complexity index is 1520. The summed E-state index contributed by atoms with van der Waals surface area (Å²) in [5, 5.41) is 5.97. The molecule has 4 N–H and O–H groups in total. The Morgan fingerprint density at radius 3 is 2.02 bits per heavy atom. The van der Waals surface area contributed by atoms with Crippen molar-refractivity contribution in [1.29, 1.82) is 0 Å². The maximum atomic E-state index is 13.6. The number of benzene rings is 2. The van der Waals surface area contributed by atoms with Crippen molar-refractivity contribution in [2.75, 3.05) is 20.6 Å². The number of rotatable bonds is 13. The molecule has 0 aromatic heterocycles. The van der Waals surface area contributed by atoms with Gasteiger partial charge in [-0.05, 0) is 36.6 Å². The van der Waals surface area contributed by atoms with Crippen LogP contribution in [0.25, 0.3) is 0 Å². The third-order valence-corrected chi connectivity index (χ3v) is 8.58. The van der Waals surface area contributed by atoms with Gasteiger partial charge in [0.25, 0.3) is 5.91 Å². The van der Waals surface area contributed by atoms with Crippen molar-refractivity contribution in [3.63, 3.8) is 0 Å². The Morgan fingerprint density at radius 2 is 1.48 bits per heavy atom. The highest BCUT2D eigenvalue weighted by molar-refractivity contribution is 7.88. The van der Waals surface area contributed by atoms with Crippen LogP contribution in [0.15, 0.2) is 66.2 Å². The van der Waals surface area contributed by atoms with E-state index in [0.29, 0.717) is 0 Å². The molecule has 2 aromatic carbocycles. The topological polar surface area (TPSA) is 137 Å². The number of carbonyl (C=O) groups is 3. The van der Waals surface area contributed by atoms with Crippen LogP contribution >= 0.6 is 0 Å². The molecule has 0 aliphatic rings. The Morgan fingerprint density at radius 1 is 0.913 bits per heavy atom. The summed E-state index contributed by atoms with van der Waals surface area (Å²) in [6.45, 7) is 9.80. The summed E-state index contributed by atoms with van der Waals surface area (Å²) in [6, 6.07) is 12.4. The van der Waals surface area contributed by atoms with E-state index in [1.54, 1.807) is 32.5 Å². The molecule has 46 heavy (non-hydrogen) atoms. The van der Waals surface area contributed by atoms with E-state index in [4.69, 9.17) is 0 Å². The normalized spacial score (nSPS) is 14.3. The Kier molecular flexibility index (Phi) is 12.7. The summed E-state index contributed by atoms with van der Waals surface area (Å²) in [7, 11) is -1.37. The van der Waals surface area contributed by atoms with Gasteiger partial charge in [-0.15, -0.1) is 0 Å². The van der Waals surface area contributed by atoms with E-state index in [9.17, 15) is 36.0 Å².